The zero-order valence-electron chi connectivity index (χ0n) is 22.5. The molecule has 0 spiro atoms. The van der Waals surface area contributed by atoms with Crippen molar-refractivity contribution in [2.45, 2.75) is 18.4 Å². The lowest BCUT2D eigenvalue weighted by atomic mass is 10.2. The van der Waals surface area contributed by atoms with E-state index in [1.807, 2.05) is 73.5 Å². The van der Waals surface area contributed by atoms with Gasteiger partial charge in [0, 0.05) is 31.7 Å². The Morgan fingerprint density at radius 2 is 1.88 bits per heavy atom. The first-order chi connectivity index (χ1) is 19.5. The van der Waals surface area contributed by atoms with Gasteiger partial charge in [-0.2, -0.15) is 5.26 Å². The van der Waals surface area contributed by atoms with E-state index >= 15 is 0 Å². The molecule has 3 aromatic rings. The Labute approximate surface area is 242 Å². The Bertz CT molecular complexity index is 1520. The fourth-order valence-electron chi connectivity index (χ4n) is 4.32. The lowest BCUT2D eigenvalue weighted by Gasteiger charge is -2.17. The van der Waals surface area contributed by atoms with Crippen LogP contribution >= 0.6 is 23.5 Å². The number of rotatable bonds is 9. The van der Waals surface area contributed by atoms with Gasteiger partial charge >= 0.3 is 0 Å². The van der Waals surface area contributed by atoms with E-state index in [1.165, 1.54) is 11.8 Å². The number of amides is 1. The molecule has 0 atom stereocenters. The van der Waals surface area contributed by atoms with Crippen LogP contribution in [0.1, 0.15) is 18.1 Å². The zero-order valence-corrected chi connectivity index (χ0v) is 24.1. The number of fused-ring (bicyclic) bond motifs is 1. The van der Waals surface area contributed by atoms with Crippen molar-refractivity contribution in [3.8, 4) is 11.8 Å². The topological polar surface area (TPSA) is 90.2 Å². The molecule has 2 aliphatic rings. The van der Waals surface area contributed by atoms with Crippen LogP contribution in [0.2, 0.25) is 0 Å². The van der Waals surface area contributed by atoms with Gasteiger partial charge < -0.3 is 19.7 Å². The average Bonchev–Trinajstić information content (AvgIpc) is 3.45. The van der Waals surface area contributed by atoms with Crippen molar-refractivity contribution in [2.24, 2.45) is 4.99 Å². The number of hydrogen-bond acceptors (Lipinski definition) is 9. The number of aliphatic imine (C=N–C) groups is 1. The molecule has 8 nitrogen and oxygen atoms in total. The van der Waals surface area contributed by atoms with E-state index in [0.29, 0.717) is 47.6 Å². The van der Waals surface area contributed by atoms with E-state index < -0.39 is 0 Å². The minimum Gasteiger partial charge on any atom is -0.491 e. The number of thioether (sulfide) groups is 2. The molecule has 0 unspecified atom stereocenters. The predicted octanol–water partition coefficient (Wildman–Crippen LogP) is 6.19. The maximum atomic E-state index is 14.0. The summed E-state index contributed by atoms with van der Waals surface area (Å²) >= 11 is 2.92. The van der Waals surface area contributed by atoms with Crippen molar-refractivity contribution in [2.75, 3.05) is 44.1 Å². The maximum Gasteiger partial charge on any atom is 0.269 e. The normalized spacial score (nSPS) is 17.4. The number of anilines is 2. The maximum absolute atomic E-state index is 14.0. The van der Waals surface area contributed by atoms with Crippen LogP contribution in [0, 0.1) is 11.3 Å². The first-order valence-corrected chi connectivity index (χ1v) is 14.5. The molecule has 1 saturated heterocycles. The molecule has 10 heteroatoms. The lowest BCUT2D eigenvalue weighted by molar-refractivity contribution is -0.122. The lowest BCUT2D eigenvalue weighted by Crippen LogP contribution is -2.29. The Hall–Kier alpha value is -3.91. The van der Waals surface area contributed by atoms with Crippen molar-refractivity contribution >= 4 is 51.7 Å². The second-order valence-electron chi connectivity index (χ2n) is 9.01. The monoisotopic (exact) mass is 571 g/mol. The van der Waals surface area contributed by atoms with Crippen LogP contribution in [-0.2, 0) is 16.1 Å². The van der Waals surface area contributed by atoms with E-state index in [-0.39, 0.29) is 5.91 Å². The summed E-state index contributed by atoms with van der Waals surface area (Å²) in [5, 5.41) is 14.2. The predicted molar refractivity (Wildman–Crippen MR) is 162 cm³/mol. The van der Waals surface area contributed by atoms with Gasteiger partial charge in [0.05, 0.1) is 46.9 Å². The van der Waals surface area contributed by atoms with Crippen LogP contribution < -0.4 is 15.0 Å². The summed E-state index contributed by atoms with van der Waals surface area (Å²) in [6.07, 6.45) is 0. The van der Waals surface area contributed by atoms with Crippen LogP contribution in [0.15, 0.2) is 86.6 Å². The molecule has 40 heavy (non-hydrogen) atoms. The molecule has 1 fully saturated rings. The SMILES string of the molecule is CCNc1ccc(C#N)cc1N=C1SC(=C2Sc3ccc(OCCOC)cc3N2C)C(=O)N1Cc1ccccc1. The van der Waals surface area contributed by atoms with Gasteiger partial charge in [-0.15, -0.1) is 0 Å². The molecule has 0 aliphatic carbocycles. The highest BCUT2D eigenvalue weighted by Gasteiger charge is 2.39. The number of nitrogens with zero attached hydrogens (tertiary/aromatic N) is 4. The third kappa shape index (κ3) is 5.82. The average molecular weight is 572 g/mol. The molecule has 204 valence electrons. The summed E-state index contributed by atoms with van der Waals surface area (Å²) in [6.45, 7) is 4.07. The quantitative estimate of drug-likeness (QED) is 0.240. The third-order valence-electron chi connectivity index (χ3n) is 6.31. The third-order valence-corrected chi connectivity index (χ3v) is 8.74. The Kier molecular flexibility index (Phi) is 8.65. The van der Waals surface area contributed by atoms with Crippen LogP contribution in [0.5, 0.6) is 5.75 Å². The smallest absolute Gasteiger partial charge is 0.269 e. The second-order valence-corrected chi connectivity index (χ2v) is 11.0. The molecule has 5 rings (SSSR count). The van der Waals surface area contributed by atoms with Gasteiger partial charge in [0.1, 0.15) is 17.3 Å². The van der Waals surface area contributed by atoms with E-state index in [0.717, 1.165) is 32.6 Å². The van der Waals surface area contributed by atoms with Crippen LogP contribution in [0.3, 0.4) is 0 Å². The van der Waals surface area contributed by atoms with Crippen molar-refractivity contribution in [3.63, 3.8) is 0 Å². The number of carbonyl (C=O) groups excluding carboxylic acids is 1. The van der Waals surface area contributed by atoms with Crippen LogP contribution in [-0.4, -0.2) is 49.9 Å². The molecule has 0 aromatic heterocycles. The fourth-order valence-corrected chi connectivity index (χ4v) is 6.63. The van der Waals surface area contributed by atoms with Crippen molar-refractivity contribution in [1.29, 1.82) is 5.26 Å². The minimum atomic E-state index is -0.104. The van der Waals surface area contributed by atoms with E-state index in [2.05, 4.69) is 11.4 Å². The summed E-state index contributed by atoms with van der Waals surface area (Å²) < 4.78 is 10.9. The van der Waals surface area contributed by atoms with Crippen molar-refractivity contribution in [1.82, 2.24) is 4.90 Å². The Balaban J connectivity index is 1.53. The number of carbonyl (C=O) groups is 1. The summed E-state index contributed by atoms with van der Waals surface area (Å²) in [5.41, 5.74) is 3.92. The Morgan fingerprint density at radius 1 is 1.05 bits per heavy atom. The molecule has 1 N–H and O–H groups in total. The zero-order chi connectivity index (χ0) is 28.1. The summed E-state index contributed by atoms with van der Waals surface area (Å²) in [5.74, 6) is 0.647. The molecular formula is C30H29N5O3S2. The molecule has 3 aromatic carbocycles. The summed E-state index contributed by atoms with van der Waals surface area (Å²) in [7, 11) is 3.61. The Morgan fingerprint density at radius 3 is 2.62 bits per heavy atom. The van der Waals surface area contributed by atoms with Gasteiger partial charge in [0.2, 0.25) is 0 Å². The first kappa shape index (κ1) is 27.6. The fraction of sp³-hybridized carbons (Fsp3) is 0.233. The highest BCUT2D eigenvalue weighted by atomic mass is 32.2. The van der Waals surface area contributed by atoms with Gasteiger partial charge in [-0.05, 0) is 54.6 Å². The van der Waals surface area contributed by atoms with Gasteiger partial charge in [0.25, 0.3) is 5.91 Å². The molecule has 2 heterocycles. The standard InChI is InChI=1S/C30H29N5O3S2/c1-4-32-23-12-10-21(18-31)16-24(23)33-30-35(19-20-8-6-5-7-9-20)28(36)27(40-30)29-34(2)25-17-22(38-15-14-37-3)11-13-26(25)39-29/h5-13,16-17,32H,4,14-15,19H2,1-3H3. The molecule has 0 radical (unpaired) electrons. The van der Waals surface area contributed by atoms with E-state index in [9.17, 15) is 10.1 Å². The number of methoxy groups -OCH3 is 1. The van der Waals surface area contributed by atoms with Gasteiger partial charge in [0.15, 0.2) is 5.17 Å². The number of ether oxygens (including phenoxy) is 2. The van der Waals surface area contributed by atoms with Gasteiger partial charge in [-0.25, -0.2) is 4.99 Å². The molecule has 2 aliphatic heterocycles. The van der Waals surface area contributed by atoms with E-state index in [1.54, 1.807) is 35.9 Å². The van der Waals surface area contributed by atoms with Gasteiger partial charge in [-0.3, -0.25) is 9.69 Å². The number of benzene rings is 3. The summed E-state index contributed by atoms with van der Waals surface area (Å²) in [6, 6.07) is 23.4. The first-order valence-electron chi connectivity index (χ1n) is 12.8. The molecule has 1 amide bonds. The summed E-state index contributed by atoms with van der Waals surface area (Å²) in [4.78, 5) is 24.3. The van der Waals surface area contributed by atoms with Crippen LogP contribution in [0.25, 0.3) is 0 Å². The molecular weight excluding hydrogens is 542 g/mol. The number of nitriles is 1. The van der Waals surface area contributed by atoms with Crippen LogP contribution in [0.4, 0.5) is 17.1 Å². The highest BCUT2D eigenvalue weighted by molar-refractivity contribution is 8.19. The molecule has 0 saturated carbocycles. The second kappa shape index (κ2) is 12.5. The van der Waals surface area contributed by atoms with Crippen molar-refractivity contribution in [3.05, 3.63) is 87.8 Å². The van der Waals surface area contributed by atoms with E-state index in [4.69, 9.17) is 14.5 Å². The highest BCUT2D eigenvalue weighted by Crippen LogP contribution is 2.51. The van der Waals surface area contributed by atoms with Crippen molar-refractivity contribution < 1.29 is 14.3 Å². The minimum absolute atomic E-state index is 0.104. The van der Waals surface area contributed by atoms with Gasteiger partial charge in [-0.1, -0.05) is 42.1 Å². The number of amidine groups is 1. The number of nitrogens with one attached hydrogen (secondary N) is 1. The number of hydrogen-bond donors (Lipinski definition) is 1. The molecule has 0 bridgehead atoms. The largest absolute Gasteiger partial charge is 0.491 e.